The Labute approximate surface area is 127 Å². The third-order valence-electron chi connectivity index (χ3n) is 3.18. The number of non-ortho nitro benzene ring substituents is 1. The molecule has 0 amide bonds. The van der Waals surface area contributed by atoms with E-state index in [4.69, 9.17) is 4.74 Å². The lowest BCUT2D eigenvalue weighted by atomic mass is 10.0. The zero-order valence-corrected chi connectivity index (χ0v) is 12.6. The van der Waals surface area contributed by atoms with Gasteiger partial charge in [0.1, 0.15) is 11.7 Å². The van der Waals surface area contributed by atoms with Gasteiger partial charge in [0.05, 0.1) is 22.9 Å². The highest BCUT2D eigenvalue weighted by Gasteiger charge is 2.26. The van der Waals surface area contributed by atoms with Gasteiger partial charge in [0.2, 0.25) is 0 Å². The van der Waals surface area contributed by atoms with Gasteiger partial charge in [-0.15, -0.1) is 0 Å². The molecule has 22 heavy (non-hydrogen) atoms. The van der Waals surface area contributed by atoms with E-state index >= 15 is 0 Å². The Morgan fingerprint density at radius 3 is 2.86 bits per heavy atom. The zero-order chi connectivity index (χ0) is 16.3. The summed E-state index contributed by atoms with van der Waals surface area (Å²) in [5, 5.41) is 14.0. The van der Waals surface area contributed by atoms with Crippen molar-refractivity contribution in [3.63, 3.8) is 0 Å². The van der Waals surface area contributed by atoms with Crippen molar-refractivity contribution in [1.29, 1.82) is 0 Å². The summed E-state index contributed by atoms with van der Waals surface area (Å²) in [4.78, 5) is 27.0. The molecule has 1 aliphatic heterocycles. The average molecular weight is 303 g/mol. The van der Waals surface area contributed by atoms with Gasteiger partial charge in [-0.05, 0) is 20.8 Å². The number of nitro benzene ring substituents is 1. The molecule has 0 spiro atoms. The van der Waals surface area contributed by atoms with Gasteiger partial charge >= 0.3 is 5.97 Å². The first-order valence-corrected chi connectivity index (χ1v) is 6.91. The molecule has 7 nitrogen and oxygen atoms in total. The van der Waals surface area contributed by atoms with Gasteiger partial charge in [0.15, 0.2) is 0 Å². The zero-order valence-electron chi connectivity index (χ0n) is 12.6. The van der Waals surface area contributed by atoms with Crippen LogP contribution in [0.5, 0.6) is 0 Å². The monoisotopic (exact) mass is 303 g/mol. The minimum Gasteiger partial charge on any atom is -0.462 e. The third-order valence-corrected chi connectivity index (χ3v) is 3.18. The van der Waals surface area contributed by atoms with E-state index in [1.54, 1.807) is 26.0 Å². The van der Waals surface area contributed by atoms with E-state index in [2.05, 4.69) is 10.3 Å². The molecule has 0 fully saturated rings. The molecule has 0 saturated carbocycles. The van der Waals surface area contributed by atoms with E-state index in [0.717, 1.165) is 0 Å². The quantitative estimate of drug-likeness (QED) is 0.523. The van der Waals surface area contributed by atoms with Crippen molar-refractivity contribution in [2.24, 2.45) is 4.99 Å². The van der Waals surface area contributed by atoms with Crippen LogP contribution in [0, 0.1) is 10.1 Å². The van der Waals surface area contributed by atoms with Crippen LogP contribution < -0.4 is 5.32 Å². The molecular weight excluding hydrogens is 286 g/mol. The Balaban J connectivity index is 2.57. The minimum absolute atomic E-state index is 0.0390. The van der Waals surface area contributed by atoms with E-state index in [-0.39, 0.29) is 18.5 Å². The number of nitrogens with one attached hydrogen (secondary N) is 1. The molecular formula is C15H17N3O4. The van der Waals surface area contributed by atoms with Crippen molar-refractivity contribution in [3.05, 3.63) is 45.5 Å². The van der Waals surface area contributed by atoms with Crippen LogP contribution in [0.15, 0.2) is 34.8 Å². The molecule has 0 radical (unpaired) electrons. The van der Waals surface area contributed by atoms with Crippen LogP contribution in [0.2, 0.25) is 0 Å². The summed E-state index contributed by atoms with van der Waals surface area (Å²) in [7, 11) is 0. The summed E-state index contributed by atoms with van der Waals surface area (Å²) in [6.07, 6.45) is -0.229. The molecule has 2 rings (SSSR count). The second-order valence-electron chi connectivity index (χ2n) is 4.81. The van der Waals surface area contributed by atoms with E-state index in [9.17, 15) is 14.9 Å². The maximum Gasteiger partial charge on any atom is 0.342 e. The Morgan fingerprint density at radius 1 is 1.50 bits per heavy atom. The first kappa shape index (κ1) is 15.7. The SMILES string of the molecule is CCOC(=O)C1=C(c2cccc([N+](=O)[O-])c2)NC(C)N=C1C. The van der Waals surface area contributed by atoms with Crippen molar-refractivity contribution in [2.45, 2.75) is 26.9 Å². The van der Waals surface area contributed by atoms with Crippen molar-refractivity contribution in [2.75, 3.05) is 6.61 Å². The molecule has 0 aliphatic carbocycles. The van der Waals surface area contributed by atoms with Crippen molar-refractivity contribution in [3.8, 4) is 0 Å². The molecule has 1 N–H and O–H groups in total. The smallest absolute Gasteiger partial charge is 0.342 e. The van der Waals surface area contributed by atoms with Crippen LogP contribution in [0.25, 0.3) is 5.70 Å². The minimum atomic E-state index is -0.496. The van der Waals surface area contributed by atoms with E-state index < -0.39 is 10.9 Å². The van der Waals surface area contributed by atoms with Gasteiger partial charge < -0.3 is 10.1 Å². The van der Waals surface area contributed by atoms with Crippen LogP contribution in [0.4, 0.5) is 5.69 Å². The van der Waals surface area contributed by atoms with Gasteiger partial charge in [-0.3, -0.25) is 15.1 Å². The van der Waals surface area contributed by atoms with Crippen molar-refractivity contribution in [1.82, 2.24) is 5.32 Å². The maximum absolute atomic E-state index is 12.2. The Morgan fingerprint density at radius 2 is 2.23 bits per heavy atom. The average Bonchev–Trinajstić information content (AvgIpc) is 2.46. The predicted octanol–water partition coefficient (Wildman–Crippen LogP) is 2.28. The van der Waals surface area contributed by atoms with Gasteiger partial charge in [0.25, 0.3) is 5.69 Å². The summed E-state index contributed by atoms with van der Waals surface area (Å²) >= 11 is 0. The molecule has 1 aromatic rings. The Hall–Kier alpha value is -2.70. The summed E-state index contributed by atoms with van der Waals surface area (Å²) < 4.78 is 5.06. The summed E-state index contributed by atoms with van der Waals surface area (Å²) in [5.74, 6) is -0.496. The second-order valence-corrected chi connectivity index (χ2v) is 4.81. The first-order valence-electron chi connectivity index (χ1n) is 6.91. The topological polar surface area (TPSA) is 93.8 Å². The lowest BCUT2D eigenvalue weighted by molar-refractivity contribution is -0.384. The van der Waals surface area contributed by atoms with Crippen LogP contribution in [-0.4, -0.2) is 29.4 Å². The molecule has 0 aromatic heterocycles. The number of benzene rings is 1. The van der Waals surface area contributed by atoms with Gasteiger partial charge in [-0.25, -0.2) is 4.79 Å². The summed E-state index contributed by atoms with van der Waals surface area (Å²) in [6.45, 7) is 5.52. The lowest BCUT2D eigenvalue weighted by Crippen LogP contribution is -2.33. The second kappa shape index (κ2) is 6.38. The van der Waals surface area contributed by atoms with Crippen molar-refractivity contribution >= 4 is 23.1 Å². The van der Waals surface area contributed by atoms with Crippen LogP contribution in [-0.2, 0) is 9.53 Å². The number of rotatable bonds is 4. The van der Waals surface area contributed by atoms with E-state index in [1.165, 1.54) is 12.1 Å². The largest absolute Gasteiger partial charge is 0.462 e. The normalized spacial score (nSPS) is 17.6. The number of nitro groups is 1. The number of carbonyl (C=O) groups is 1. The third kappa shape index (κ3) is 3.13. The van der Waals surface area contributed by atoms with Gasteiger partial charge in [-0.2, -0.15) is 0 Å². The fourth-order valence-electron chi connectivity index (χ4n) is 2.30. The van der Waals surface area contributed by atoms with Crippen molar-refractivity contribution < 1.29 is 14.5 Å². The number of hydrogen-bond donors (Lipinski definition) is 1. The van der Waals surface area contributed by atoms with Gasteiger partial charge in [-0.1, -0.05) is 12.1 Å². The molecule has 1 aliphatic rings. The number of hydrogen-bond acceptors (Lipinski definition) is 6. The number of carbonyl (C=O) groups excluding carboxylic acids is 1. The Bertz CT molecular complexity index is 679. The lowest BCUT2D eigenvalue weighted by Gasteiger charge is -2.24. The number of aliphatic imine (C=N–C) groups is 1. The van der Waals surface area contributed by atoms with Crippen LogP contribution >= 0.6 is 0 Å². The maximum atomic E-state index is 12.2. The first-order chi connectivity index (χ1) is 10.4. The molecule has 7 heteroatoms. The summed E-state index contributed by atoms with van der Waals surface area (Å²) in [5.41, 5.74) is 1.87. The standard InChI is InChI=1S/C15H17N3O4/c1-4-22-15(19)13-9(2)16-10(3)17-14(13)11-6-5-7-12(8-11)18(20)21/h5-8,10,17H,4H2,1-3H3. The van der Waals surface area contributed by atoms with Gasteiger partial charge in [0, 0.05) is 17.7 Å². The molecule has 0 saturated heterocycles. The molecule has 116 valence electrons. The number of ether oxygens (including phenoxy) is 1. The molecule has 1 unspecified atom stereocenters. The predicted molar refractivity (Wildman–Crippen MR) is 82.4 cm³/mol. The highest BCUT2D eigenvalue weighted by atomic mass is 16.6. The molecule has 1 atom stereocenters. The van der Waals surface area contributed by atoms with E-state index in [1.807, 2.05) is 6.92 Å². The van der Waals surface area contributed by atoms with Crippen LogP contribution in [0.1, 0.15) is 26.3 Å². The highest BCUT2D eigenvalue weighted by molar-refractivity contribution is 6.24. The fourth-order valence-corrected chi connectivity index (χ4v) is 2.30. The fraction of sp³-hybridized carbons (Fsp3) is 0.333. The Kier molecular flexibility index (Phi) is 4.55. The number of esters is 1. The molecule has 1 heterocycles. The van der Waals surface area contributed by atoms with Crippen LogP contribution in [0.3, 0.4) is 0 Å². The highest BCUT2D eigenvalue weighted by Crippen LogP contribution is 2.25. The molecule has 1 aromatic carbocycles. The molecule has 0 bridgehead atoms. The summed E-state index contributed by atoms with van der Waals surface area (Å²) in [6, 6.07) is 6.12. The number of nitrogens with zero attached hydrogens (tertiary/aromatic N) is 2. The van der Waals surface area contributed by atoms with E-state index in [0.29, 0.717) is 22.5 Å².